The van der Waals surface area contributed by atoms with Crippen molar-refractivity contribution in [2.45, 2.75) is 23.0 Å². The molecule has 4 aromatic rings. The molecule has 0 bridgehead atoms. The Morgan fingerprint density at radius 2 is 1.43 bits per heavy atom. The summed E-state index contributed by atoms with van der Waals surface area (Å²) in [5, 5.41) is 4.43. The Hall–Kier alpha value is -3.46. The standard InChI is InChI=1S/C27H29N5O2S/c1-31(2)24-19-32-26(34-20-24)25(18-29-32)35(28,33)30-27(21-12-6-3-7-13-21,22-14-8-4-9-15-22)23-16-10-5-11-17-23/h3-18,24H,19-20H2,1-2H3,(H2,28,30,33)/t24-,35?/m0/s1. The van der Waals surface area contributed by atoms with E-state index in [0.717, 1.165) is 16.7 Å². The molecule has 0 fully saturated rings. The number of rotatable bonds is 7. The first-order chi connectivity index (χ1) is 16.9. The van der Waals surface area contributed by atoms with Gasteiger partial charge in [0.2, 0.25) is 5.88 Å². The molecule has 1 aliphatic rings. The van der Waals surface area contributed by atoms with Crippen molar-refractivity contribution >= 4 is 9.92 Å². The number of hydrogen-bond acceptors (Lipinski definition) is 5. The molecule has 1 aliphatic heterocycles. The number of ether oxygens (including phenoxy) is 1. The van der Waals surface area contributed by atoms with E-state index < -0.39 is 15.5 Å². The third-order valence-corrected chi connectivity index (χ3v) is 8.01. The van der Waals surface area contributed by atoms with E-state index in [0.29, 0.717) is 19.0 Å². The molecule has 2 heterocycles. The summed E-state index contributed by atoms with van der Waals surface area (Å²) in [6, 6.07) is 29.7. The SMILES string of the molecule is CN(C)[C@@H]1COc2c(S(=N)(=O)NC(c3ccccc3)(c3ccccc3)c3ccccc3)cnn2C1. The Morgan fingerprint density at radius 1 is 0.943 bits per heavy atom. The van der Waals surface area contributed by atoms with Crippen molar-refractivity contribution in [3.05, 3.63) is 114 Å². The molecule has 5 rings (SSSR count). The lowest BCUT2D eigenvalue weighted by atomic mass is 9.78. The molecule has 0 saturated carbocycles. The lowest BCUT2D eigenvalue weighted by molar-refractivity contribution is 0.117. The highest BCUT2D eigenvalue weighted by atomic mass is 32.2. The minimum absolute atomic E-state index is 0.155. The highest BCUT2D eigenvalue weighted by Gasteiger charge is 2.41. The van der Waals surface area contributed by atoms with Crippen LogP contribution in [-0.4, -0.2) is 45.6 Å². The lowest BCUT2D eigenvalue weighted by Gasteiger charge is -2.37. The maximum Gasteiger partial charge on any atom is 0.230 e. The molecule has 3 aromatic carbocycles. The van der Waals surface area contributed by atoms with Gasteiger partial charge in [-0.2, -0.15) is 5.10 Å². The quantitative estimate of drug-likeness (QED) is 0.385. The van der Waals surface area contributed by atoms with Gasteiger partial charge in [-0.25, -0.2) is 18.4 Å². The van der Waals surface area contributed by atoms with Crippen molar-refractivity contribution in [2.75, 3.05) is 20.7 Å². The molecule has 7 nitrogen and oxygen atoms in total. The predicted molar refractivity (Wildman–Crippen MR) is 137 cm³/mol. The number of hydrogen-bond donors (Lipinski definition) is 2. The fourth-order valence-electron chi connectivity index (χ4n) is 4.58. The molecule has 2 N–H and O–H groups in total. The minimum Gasteiger partial charge on any atom is -0.475 e. The van der Waals surface area contributed by atoms with Gasteiger partial charge in [0.15, 0.2) is 0 Å². The fourth-order valence-corrected chi connectivity index (χ4v) is 6.08. The highest BCUT2D eigenvalue weighted by Crippen LogP contribution is 2.39. The van der Waals surface area contributed by atoms with E-state index in [9.17, 15) is 4.21 Å². The Balaban J connectivity index is 1.67. The molecule has 0 aliphatic carbocycles. The van der Waals surface area contributed by atoms with Crippen LogP contribution in [0.15, 0.2) is 102 Å². The Bertz CT molecular complexity index is 1290. The van der Waals surface area contributed by atoms with Crippen molar-refractivity contribution in [3.8, 4) is 5.88 Å². The van der Waals surface area contributed by atoms with E-state index in [1.807, 2.05) is 105 Å². The topological polar surface area (TPSA) is 83.2 Å². The average molecular weight is 488 g/mol. The fraction of sp³-hybridized carbons (Fsp3) is 0.222. The average Bonchev–Trinajstić information content (AvgIpc) is 3.33. The van der Waals surface area contributed by atoms with Gasteiger partial charge in [0.05, 0.1) is 18.8 Å². The largest absolute Gasteiger partial charge is 0.475 e. The number of nitrogens with one attached hydrogen (secondary N) is 2. The second kappa shape index (κ2) is 9.30. The summed E-state index contributed by atoms with van der Waals surface area (Å²) < 4.78 is 34.4. The number of benzene rings is 3. The second-order valence-electron chi connectivity index (χ2n) is 8.93. The van der Waals surface area contributed by atoms with Crippen LogP contribution < -0.4 is 9.46 Å². The van der Waals surface area contributed by atoms with Gasteiger partial charge in [0.25, 0.3) is 0 Å². The lowest BCUT2D eigenvalue weighted by Crippen LogP contribution is -2.47. The Morgan fingerprint density at radius 3 is 1.89 bits per heavy atom. The molecular formula is C27H29N5O2S. The molecule has 35 heavy (non-hydrogen) atoms. The van der Waals surface area contributed by atoms with Crippen molar-refractivity contribution < 1.29 is 8.95 Å². The number of nitrogens with zero attached hydrogens (tertiary/aromatic N) is 3. The smallest absolute Gasteiger partial charge is 0.230 e. The summed E-state index contributed by atoms with van der Waals surface area (Å²) >= 11 is 0. The van der Waals surface area contributed by atoms with E-state index in [1.165, 1.54) is 6.20 Å². The van der Waals surface area contributed by atoms with Crippen LogP contribution >= 0.6 is 0 Å². The van der Waals surface area contributed by atoms with E-state index in [4.69, 9.17) is 9.52 Å². The van der Waals surface area contributed by atoms with Gasteiger partial charge in [-0.05, 0) is 30.8 Å². The molecule has 1 aromatic heterocycles. The van der Waals surface area contributed by atoms with Crippen LogP contribution in [0, 0.1) is 4.78 Å². The van der Waals surface area contributed by atoms with E-state index in [-0.39, 0.29) is 10.9 Å². The van der Waals surface area contributed by atoms with Gasteiger partial charge in [-0.3, -0.25) is 0 Å². The zero-order valence-corrected chi connectivity index (χ0v) is 20.6. The molecule has 0 radical (unpaired) electrons. The first kappa shape index (κ1) is 23.3. The van der Waals surface area contributed by atoms with Crippen LogP contribution in [0.5, 0.6) is 5.88 Å². The maximum atomic E-state index is 14.3. The molecule has 0 amide bonds. The van der Waals surface area contributed by atoms with E-state index in [1.54, 1.807) is 4.68 Å². The maximum absolute atomic E-state index is 14.3. The van der Waals surface area contributed by atoms with Crippen molar-refractivity contribution in [1.29, 1.82) is 4.78 Å². The normalized spacial score (nSPS) is 17.4. The summed E-state index contributed by atoms with van der Waals surface area (Å²) in [4.78, 5) is 2.33. The van der Waals surface area contributed by atoms with Gasteiger partial charge in [-0.15, -0.1) is 0 Å². The minimum atomic E-state index is -3.57. The van der Waals surface area contributed by atoms with Crippen LogP contribution in [0.3, 0.4) is 0 Å². The number of likely N-dealkylation sites (N-methyl/N-ethyl adjacent to an activating group) is 1. The summed E-state index contributed by atoms with van der Waals surface area (Å²) in [6.07, 6.45) is 1.50. The first-order valence-electron chi connectivity index (χ1n) is 11.5. The third kappa shape index (κ3) is 4.25. The van der Waals surface area contributed by atoms with Crippen LogP contribution in [0.4, 0.5) is 0 Å². The zero-order valence-electron chi connectivity index (χ0n) is 19.8. The van der Waals surface area contributed by atoms with Crippen molar-refractivity contribution in [2.24, 2.45) is 0 Å². The van der Waals surface area contributed by atoms with Crippen molar-refractivity contribution in [1.82, 2.24) is 19.4 Å². The van der Waals surface area contributed by atoms with Gasteiger partial charge in [0, 0.05) is 0 Å². The van der Waals surface area contributed by atoms with Crippen molar-refractivity contribution in [3.63, 3.8) is 0 Å². The Labute approximate surface area is 206 Å². The first-order valence-corrected chi connectivity index (χ1v) is 13.1. The molecule has 1 unspecified atom stereocenters. The van der Waals surface area contributed by atoms with E-state index in [2.05, 4.69) is 14.7 Å². The summed E-state index contributed by atoms with van der Waals surface area (Å²) in [5.41, 5.74) is 1.60. The van der Waals surface area contributed by atoms with Gasteiger partial charge in [0.1, 0.15) is 27.0 Å². The summed E-state index contributed by atoms with van der Waals surface area (Å²) in [5.74, 6) is 0.388. The Kier molecular flexibility index (Phi) is 6.19. The molecule has 2 atom stereocenters. The molecule has 8 heteroatoms. The van der Waals surface area contributed by atoms with Crippen LogP contribution in [-0.2, 0) is 22.0 Å². The molecule has 0 spiro atoms. The van der Waals surface area contributed by atoms with Gasteiger partial charge >= 0.3 is 0 Å². The van der Waals surface area contributed by atoms with Crippen LogP contribution in [0.2, 0.25) is 0 Å². The van der Waals surface area contributed by atoms with Gasteiger partial charge < -0.3 is 9.64 Å². The van der Waals surface area contributed by atoms with Crippen LogP contribution in [0.25, 0.3) is 0 Å². The predicted octanol–water partition coefficient (Wildman–Crippen LogP) is 4.11. The molecule has 180 valence electrons. The summed E-state index contributed by atoms with van der Waals surface area (Å²) in [6.45, 7) is 1.06. The molecule has 0 saturated heterocycles. The van der Waals surface area contributed by atoms with Crippen LogP contribution in [0.1, 0.15) is 16.7 Å². The summed E-state index contributed by atoms with van der Waals surface area (Å²) in [7, 11) is 0.415. The monoisotopic (exact) mass is 487 g/mol. The second-order valence-corrected chi connectivity index (χ2v) is 10.7. The van der Waals surface area contributed by atoms with E-state index >= 15 is 0 Å². The molecular weight excluding hydrogens is 458 g/mol. The highest BCUT2D eigenvalue weighted by molar-refractivity contribution is 7.90. The number of aromatic nitrogens is 2. The third-order valence-electron chi connectivity index (χ3n) is 6.51. The zero-order chi connectivity index (χ0) is 24.5. The number of fused-ring (bicyclic) bond motifs is 1. The van der Waals surface area contributed by atoms with Gasteiger partial charge in [-0.1, -0.05) is 91.0 Å².